The van der Waals surface area contributed by atoms with E-state index < -0.39 is 23.3 Å². The molecule has 4 aromatic carbocycles. The molecule has 1 nitrogen and oxygen atoms in total. The van der Waals surface area contributed by atoms with Crippen LogP contribution < -0.4 is 0 Å². The lowest BCUT2D eigenvalue weighted by molar-refractivity contribution is 0.112. The predicted molar refractivity (Wildman–Crippen MR) is 266 cm³/mol. The van der Waals surface area contributed by atoms with E-state index in [-0.39, 0.29) is 17.4 Å². The van der Waals surface area contributed by atoms with Crippen LogP contribution in [-0.4, -0.2) is 6.29 Å². The van der Waals surface area contributed by atoms with Crippen LogP contribution in [-0.2, 0) is 0 Å². The molecule has 0 atom stereocenters. The summed E-state index contributed by atoms with van der Waals surface area (Å²) >= 11 is 3.56. The topological polar surface area (TPSA) is 17.1 Å². The van der Waals surface area contributed by atoms with Gasteiger partial charge in [-0.3, -0.25) is 4.79 Å². The molecule has 0 N–H and O–H groups in total. The minimum atomic E-state index is -0.762. The predicted octanol–water partition coefficient (Wildman–Crippen LogP) is 18.8. The number of aldehydes is 1. The van der Waals surface area contributed by atoms with E-state index in [9.17, 15) is 4.79 Å². The van der Waals surface area contributed by atoms with Crippen LogP contribution in [0.2, 0.25) is 0 Å². The van der Waals surface area contributed by atoms with Crippen LogP contribution in [0.5, 0.6) is 0 Å². The van der Waals surface area contributed by atoms with Gasteiger partial charge in [0, 0.05) is 21.2 Å². The zero-order valence-electron chi connectivity index (χ0n) is 40.3. The highest BCUT2D eigenvalue weighted by Gasteiger charge is 2.34. The number of carbonyl (C=O) groups excluding carboxylic acids is 1. The van der Waals surface area contributed by atoms with Gasteiger partial charge in [0.15, 0.2) is 29.6 Å². The third-order valence-corrected chi connectivity index (χ3v) is 18.2. The molecule has 0 amide bonds. The number of rotatable bonds is 11. The first kappa shape index (κ1) is 49.6. The Bertz CT molecular complexity index is 2190. The van der Waals surface area contributed by atoms with Gasteiger partial charge in [0.25, 0.3) is 0 Å². The van der Waals surface area contributed by atoms with Crippen molar-refractivity contribution in [1.29, 1.82) is 0 Å². The maximum absolute atomic E-state index is 15.2. The fraction of sp³-hybridized carbons (Fsp3) is 0.576. The average molecular weight is 956 g/mol. The summed E-state index contributed by atoms with van der Waals surface area (Å²) in [5.41, 5.74) is 7.39. The van der Waals surface area contributed by atoms with Crippen molar-refractivity contribution in [3.8, 4) is 22.3 Å². The van der Waals surface area contributed by atoms with E-state index in [2.05, 4.69) is 29.8 Å². The quantitative estimate of drug-likeness (QED) is 0.108. The Morgan fingerprint density at radius 3 is 1.12 bits per heavy atom. The molecule has 0 aliphatic heterocycles. The Kier molecular flexibility index (Phi) is 17.3. The van der Waals surface area contributed by atoms with Gasteiger partial charge in [-0.15, -0.1) is 0 Å². The van der Waals surface area contributed by atoms with Crippen LogP contribution >= 0.6 is 15.9 Å². The van der Waals surface area contributed by atoms with Gasteiger partial charge in [-0.1, -0.05) is 130 Å². The molecule has 65 heavy (non-hydrogen) atoms. The molecule has 4 fully saturated rings. The highest BCUT2D eigenvalue weighted by molar-refractivity contribution is 9.10. The fourth-order valence-electron chi connectivity index (χ4n) is 13.1. The van der Waals surface area contributed by atoms with Gasteiger partial charge in [-0.05, 0) is 197 Å². The van der Waals surface area contributed by atoms with Gasteiger partial charge < -0.3 is 0 Å². The molecule has 8 rings (SSSR count). The number of hydrogen-bond acceptors (Lipinski definition) is 1. The van der Waals surface area contributed by atoms with Gasteiger partial charge in [-0.25, -0.2) is 17.6 Å². The molecule has 6 heteroatoms. The van der Waals surface area contributed by atoms with Crippen LogP contribution in [0, 0.1) is 86.5 Å². The van der Waals surface area contributed by atoms with E-state index in [1.165, 1.54) is 89.9 Å². The first-order valence-electron chi connectivity index (χ1n) is 25.6. The van der Waals surface area contributed by atoms with E-state index in [0.29, 0.717) is 27.8 Å². The molecule has 0 heterocycles. The summed E-state index contributed by atoms with van der Waals surface area (Å²) in [6, 6.07) is 14.6. The monoisotopic (exact) mass is 954 g/mol. The molecule has 4 aliphatic carbocycles. The third kappa shape index (κ3) is 11.5. The highest BCUT2D eigenvalue weighted by atomic mass is 79.9. The van der Waals surface area contributed by atoms with E-state index in [1.807, 2.05) is 45.9 Å². The molecule has 0 saturated heterocycles. The molecule has 0 bridgehead atoms. The molecular weight excluding hydrogens is 881 g/mol. The maximum atomic E-state index is 15.2. The summed E-state index contributed by atoms with van der Waals surface area (Å²) in [5.74, 6) is 2.61. The summed E-state index contributed by atoms with van der Waals surface area (Å²) in [6.45, 7) is 12.2. The van der Waals surface area contributed by atoms with Crippen molar-refractivity contribution < 1.29 is 22.4 Å². The Balaban J connectivity index is 0.000000194. The van der Waals surface area contributed by atoms with Crippen molar-refractivity contribution in [2.45, 2.75) is 182 Å². The summed E-state index contributed by atoms with van der Waals surface area (Å²) in [4.78, 5) is 11.3. The first-order valence-corrected chi connectivity index (χ1v) is 26.4. The highest BCUT2D eigenvalue weighted by Crippen LogP contribution is 2.47. The zero-order chi connectivity index (χ0) is 46.4. The normalized spacial score (nSPS) is 26.0. The van der Waals surface area contributed by atoms with Crippen LogP contribution in [0.25, 0.3) is 22.3 Å². The number of carbonyl (C=O) groups is 1. The van der Waals surface area contributed by atoms with Crippen molar-refractivity contribution in [3.05, 3.63) is 115 Å². The number of benzene rings is 4. The Morgan fingerprint density at radius 1 is 0.477 bits per heavy atom. The molecule has 0 unspecified atom stereocenters. The van der Waals surface area contributed by atoms with Crippen LogP contribution in [0.15, 0.2) is 53.0 Å². The lowest BCUT2D eigenvalue weighted by Crippen LogP contribution is -2.25. The molecule has 0 aromatic heterocycles. The second-order valence-corrected chi connectivity index (χ2v) is 21.9. The summed E-state index contributed by atoms with van der Waals surface area (Å²) in [5, 5.41) is 0. The van der Waals surface area contributed by atoms with Crippen LogP contribution in [0.3, 0.4) is 0 Å². The second-order valence-electron chi connectivity index (χ2n) is 21.1. The molecule has 4 aliphatic rings. The number of halogens is 5. The van der Waals surface area contributed by atoms with Crippen molar-refractivity contribution in [3.63, 3.8) is 0 Å². The van der Waals surface area contributed by atoms with Crippen LogP contribution in [0.4, 0.5) is 17.6 Å². The third-order valence-electron chi connectivity index (χ3n) is 16.9. The van der Waals surface area contributed by atoms with Crippen molar-refractivity contribution in [2.75, 3.05) is 0 Å². The van der Waals surface area contributed by atoms with Crippen LogP contribution in [0.1, 0.15) is 198 Å². The second kappa shape index (κ2) is 22.7. The lowest BCUT2D eigenvalue weighted by atomic mass is 9.68. The standard InChI is InChI=1S/C30H38F2O.C29H37BrF2/c1-4-5-21-6-8-22(9-7-21)23-10-12-24(13-11-23)26-14-15-27(30(32)29(26)31)25-16-19(2)28(18-33)20(3)17-25;1-4-5-20-6-8-21(9-7-20)22-10-12-23(13-11-22)25-14-15-26(29(32)28(25)31)24-16-18(2)27(30)19(3)17-24/h14-18,21-24H,4-13H2,1-3H3;14-17,20-23H,4-13H2,1-3H3. The van der Waals surface area contributed by atoms with Crippen molar-refractivity contribution >= 4 is 22.2 Å². The lowest BCUT2D eigenvalue weighted by Gasteiger charge is -2.38. The fourth-order valence-corrected chi connectivity index (χ4v) is 13.4. The number of aryl methyl sites for hydroxylation is 4. The number of hydrogen-bond donors (Lipinski definition) is 0. The van der Waals surface area contributed by atoms with Crippen molar-refractivity contribution in [1.82, 2.24) is 0 Å². The maximum Gasteiger partial charge on any atom is 0.166 e. The van der Waals surface area contributed by atoms with Crippen molar-refractivity contribution in [2.24, 2.45) is 35.5 Å². The van der Waals surface area contributed by atoms with Gasteiger partial charge in [-0.2, -0.15) is 0 Å². The zero-order valence-corrected chi connectivity index (χ0v) is 41.8. The summed E-state index contributed by atoms with van der Waals surface area (Å²) in [7, 11) is 0. The Hall–Kier alpha value is -3.25. The van der Waals surface area contributed by atoms with E-state index >= 15 is 17.6 Å². The van der Waals surface area contributed by atoms with Gasteiger partial charge in [0.1, 0.15) is 0 Å². The molecule has 4 saturated carbocycles. The SMILES string of the molecule is CCCC1CCC(C2CCC(c3ccc(-c4cc(C)c(Br)c(C)c4)c(F)c3F)CC2)CC1.CCCC1CCC(C2CCC(c3ccc(-c4cc(C)c(C=O)c(C)c4)c(F)c3F)CC2)CC1. The summed E-state index contributed by atoms with van der Waals surface area (Å²) in [6.07, 6.45) is 25.7. The molecule has 0 radical (unpaired) electrons. The largest absolute Gasteiger partial charge is 0.298 e. The minimum absolute atomic E-state index is 0.113. The van der Waals surface area contributed by atoms with E-state index in [1.54, 1.807) is 30.3 Å². The van der Waals surface area contributed by atoms with E-state index in [0.717, 1.165) is 113 Å². The molecular formula is C59H75BrF4O. The van der Waals surface area contributed by atoms with Gasteiger partial charge in [0.05, 0.1) is 0 Å². The molecule has 352 valence electrons. The Morgan fingerprint density at radius 2 is 0.800 bits per heavy atom. The first-order chi connectivity index (χ1) is 31.3. The molecule has 4 aromatic rings. The summed E-state index contributed by atoms with van der Waals surface area (Å²) < 4.78 is 61.8. The van der Waals surface area contributed by atoms with E-state index in [4.69, 9.17) is 0 Å². The average Bonchev–Trinajstić information content (AvgIpc) is 3.31. The van der Waals surface area contributed by atoms with Gasteiger partial charge >= 0.3 is 0 Å². The Labute approximate surface area is 397 Å². The minimum Gasteiger partial charge on any atom is -0.298 e. The van der Waals surface area contributed by atoms with Gasteiger partial charge in [0.2, 0.25) is 0 Å². The smallest absolute Gasteiger partial charge is 0.166 e. The molecule has 0 spiro atoms.